The standard InChI is InChI=1S/C25H26N2O3/c1-17(18-6-4-3-5-7-18)19-8-9-21-20(11-13-30-24(21)14-19)15-27-23-16-26-12-10-22(23)25(28)29-2/h3-10,12,14,16-17,20,27H,11,13,15H2,1-2H3/t17?,20-/m0/s1. The number of carbonyl (C=O) groups excluding carboxylic acids is 1. The summed E-state index contributed by atoms with van der Waals surface area (Å²) >= 11 is 0. The molecule has 30 heavy (non-hydrogen) atoms. The first-order valence-corrected chi connectivity index (χ1v) is 10.2. The highest BCUT2D eigenvalue weighted by Gasteiger charge is 2.23. The van der Waals surface area contributed by atoms with Crippen LogP contribution in [0.25, 0.3) is 0 Å². The molecule has 0 saturated carbocycles. The number of nitrogens with one attached hydrogen (secondary N) is 1. The van der Waals surface area contributed by atoms with Crippen molar-refractivity contribution < 1.29 is 14.3 Å². The van der Waals surface area contributed by atoms with Gasteiger partial charge in [0.1, 0.15) is 5.75 Å². The molecule has 0 spiro atoms. The van der Waals surface area contributed by atoms with Crippen LogP contribution in [0.1, 0.15) is 52.2 Å². The van der Waals surface area contributed by atoms with E-state index >= 15 is 0 Å². The van der Waals surface area contributed by atoms with Crippen LogP contribution in [0.4, 0.5) is 5.69 Å². The molecule has 0 radical (unpaired) electrons. The number of hydrogen-bond donors (Lipinski definition) is 1. The van der Waals surface area contributed by atoms with E-state index in [1.165, 1.54) is 23.8 Å². The highest BCUT2D eigenvalue weighted by atomic mass is 16.5. The van der Waals surface area contributed by atoms with Crippen LogP contribution in [0.5, 0.6) is 5.75 Å². The number of aromatic nitrogens is 1. The van der Waals surface area contributed by atoms with Crippen molar-refractivity contribution in [2.75, 3.05) is 25.6 Å². The summed E-state index contributed by atoms with van der Waals surface area (Å²) in [6, 6.07) is 18.7. The summed E-state index contributed by atoms with van der Waals surface area (Å²) in [5.74, 6) is 1.18. The largest absolute Gasteiger partial charge is 0.493 e. The maximum atomic E-state index is 12.0. The molecular formula is C25H26N2O3. The van der Waals surface area contributed by atoms with Gasteiger partial charge in [-0.15, -0.1) is 0 Å². The molecule has 0 aliphatic carbocycles. The summed E-state index contributed by atoms with van der Waals surface area (Å²) in [4.78, 5) is 16.1. The molecule has 1 aliphatic heterocycles. The smallest absolute Gasteiger partial charge is 0.340 e. The van der Waals surface area contributed by atoms with Gasteiger partial charge in [-0.1, -0.05) is 49.4 Å². The highest BCUT2D eigenvalue weighted by molar-refractivity contribution is 5.95. The van der Waals surface area contributed by atoms with Gasteiger partial charge >= 0.3 is 5.97 Å². The summed E-state index contributed by atoms with van der Waals surface area (Å²) < 4.78 is 10.9. The fraction of sp³-hybridized carbons (Fsp3) is 0.280. The number of fused-ring (bicyclic) bond motifs is 1. The molecule has 5 nitrogen and oxygen atoms in total. The Balaban J connectivity index is 1.52. The summed E-state index contributed by atoms with van der Waals surface area (Å²) in [5.41, 5.74) is 4.91. The lowest BCUT2D eigenvalue weighted by atomic mass is 9.88. The topological polar surface area (TPSA) is 60.5 Å². The maximum absolute atomic E-state index is 12.0. The quantitative estimate of drug-likeness (QED) is 0.588. The molecule has 1 unspecified atom stereocenters. The number of anilines is 1. The van der Waals surface area contributed by atoms with E-state index in [9.17, 15) is 4.79 Å². The Hall–Kier alpha value is -3.34. The van der Waals surface area contributed by atoms with Gasteiger partial charge in [0.05, 0.1) is 31.2 Å². The molecule has 2 aromatic carbocycles. The fourth-order valence-electron chi connectivity index (χ4n) is 3.95. The minimum Gasteiger partial charge on any atom is -0.493 e. The van der Waals surface area contributed by atoms with Crippen molar-refractivity contribution in [3.63, 3.8) is 0 Å². The van der Waals surface area contributed by atoms with Crippen molar-refractivity contribution in [1.82, 2.24) is 4.98 Å². The number of ether oxygens (including phenoxy) is 2. The van der Waals surface area contributed by atoms with Crippen molar-refractivity contribution in [2.24, 2.45) is 0 Å². The molecule has 5 heteroatoms. The van der Waals surface area contributed by atoms with Crippen LogP contribution < -0.4 is 10.1 Å². The van der Waals surface area contributed by atoms with E-state index in [-0.39, 0.29) is 5.97 Å². The predicted molar refractivity (Wildman–Crippen MR) is 117 cm³/mol. The molecule has 3 aromatic rings. The van der Waals surface area contributed by atoms with Crippen molar-refractivity contribution >= 4 is 11.7 Å². The van der Waals surface area contributed by atoms with Gasteiger partial charge in [0.25, 0.3) is 0 Å². The van der Waals surface area contributed by atoms with E-state index in [4.69, 9.17) is 9.47 Å². The van der Waals surface area contributed by atoms with Crippen molar-refractivity contribution in [2.45, 2.75) is 25.2 Å². The third-order valence-corrected chi connectivity index (χ3v) is 5.77. The van der Waals surface area contributed by atoms with E-state index in [2.05, 4.69) is 59.7 Å². The summed E-state index contributed by atoms with van der Waals surface area (Å²) in [7, 11) is 1.38. The predicted octanol–water partition coefficient (Wildman–Crippen LogP) is 5.00. The van der Waals surface area contributed by atoms with Crippen LogP contribution in [0.3, 0.4) is 0 Å². The van der Waals surface area contributed by atoms with Crippen LogP contribution in [-0.2, 0) is 4.74 Å². The second kappa shape index (κ2) is 8.99. The van der Waals surface area contributed by atoms with Crippen molar-refractivity contribution in [3.8, 4) is 5.75 Å². The van der Waals surface area contributed by atoms with E-state index < -0.39 is 0 Å². The number of pyridine rings is 1. The molecule has 4 rings (SSSR count). The van der Waals surface area contributed by atoms with Crippen molar-refractivity contribution in [1.29, 1.82) is 0 Å². The number of carbonyl (C=O) groups is 1. The molecule has 154 valence electrons. The Morgan fingerprint density at radius 2 is 2.03 bits per heavy atom. The molecule has 0 saturated heterocycles. The van der Waals surface area contributed by atoms with Gasteiger partial charge in [-0.3, -0.25) is 4.98 Å². The van der Waals surface area contributed by atoms with Gasteiger partial charge < -0.3 is 14.8 Å². The van der Waals surface area contributed by atoms with Crippen LogP contribution in [-0.4, -0.2) is 31.2 Å². The third kappa shape index (κ3) is 4.15. The zero-order valence-corrected chi connectivity index (χ0v) is 17.3. The first kappa shape index (κ1) is 20.0. The summed E-state index contributed by atoms with van der Waals surface area (Å²) in [6.07, 6.45) is 4.18. The number of benzene rings is 2. The van der Waals surface area contributed by atoms with Crippen LogP contribution in [0.2, 0.25) is 0 Å². The highest BCUT2D eigenvalue weighted by Crippen LogP contribution is 2.37. The normalized spacial score (nSPS) is 16.1. The number of methoxy groups -OCH3 is 1. The molecule has 0 bridgehead atoms. The van der Waals surface area contributed by atoms with Crippen molar-refractivity contribution in [3.05, 3.63) is 89.2 Å². The van der Waals surface area contributed by atoms with E-state index in [0.717, 1.165) is 12.2 Å². The number of nitrogens with zero attached hydrogens (tertiary/aromatic N) is 1. The lowest BCUT2D eigenvalue weighted by Crippen LogP contribution is -2.22. The number of rotatable bonds is 6. The third-order valence-electron chi connectivity index (χ3n) is 5.77. The van der Waals surface area contributed by atoms with E-state index in [1.807, 2.05) is 6.07 Å². The first-order chi connectivity index (χ1) is 14.7. The Morgan fingerprint density at radius 1 is 1.20 bits per heavy atom. The zero-order chi connectivity index (χ0) is 20.9. The lowest BCUT2D eigenvalue weighted by Gasteiger charge is -2.28. The Morgan fingerprint density at radius 3 is 2.83 bits per heavy atom. The number of hydrogen-bond acceptors (Lipinski definition) is 5. The molecular weight excluding hydrogens is 376 g/mol. The second-order valence-corrected chi connectivity index (χ2v) is 7.56. The molecule has 1 aliphatic rings. The molecule has 0 amide bonds. The lowest BCUT2D eigenvalue weighted by molar-refractivity contribution is 0.0601. The van der Waals surface area contributed by atoms with Crippen LogP contribution >= 0.6 is 0 Å². The zero-order valence-electron chi connectivity index (χ0n) is 17.3. The molecule has 1 aromatic heterocycles. The SMILES string of the molecule is COC(=O)c1ccncc1NC[C@@H]1CCOc2cc(C(C)c3ccccc3)ccc21. The number of esters is 1. The van der Waals surface area contributed by atoms with Crippen LogP contribution in [0, 0.1) is 0 Å². The average Bonchev–Trinajstić information content (AvgIpc) is 2.82. The van der Waals surface area contributed by atoms with Gasteiger partial charge in [0.15, 0.2) is 0 Å². The Kier molecular flexibility index (Phi) is 5.98. The van der Waals surface area contributed by atoms with Gasteiger partial charge in [-0.05, 0) is 35.2 Å². The van der Waals surface area contributed by atoms with Gasteiger partial charge in [0.2, 0.25) is 0 Å². The minimum absolute atomic E-state index is 0.292. The van der Waals surface area contributed by atoms with Gasteiger partial charge in [-0.25, -0.2) is 4.79 Å². The maximum Gasteiger partial charge on any atom is 0.340 e. The molecule has 2 atom stereocenters. The monoisotopic (exact) mass is 402 g/mol. The fourth-order valence-corrected chi connectivity index (χ4v) is 3.95. The molecule has 1 N–H and O–H groups in total. The molecule has 2 heterocycles. The van der Waals surface area contributed by atoms with Crippen LogP contribution in [0.15, 0.2) is 67.0 Å². The summed E-state index contributed by atoms with van der Waals surface area (Å²) in [5, 5.41) is 3.38. The second-order valence-electron chi connectivity index (χ2n) is 7.56. The molecule has 0 fully saturated rings. The summed E-state index contributed by atoms with van der Waals surface area (Å²) in [6.45, 7) is 3.59. The van der Waals surface area contributed by atoms with E-state index in [0.29, 0.717) is 36.2 Å². The van der Waals surface area contributed by atoms with Gasteiger partial charge in [-0.2, -0.15) is 0 Å². The Bertz CT molecular complexity index is 1020. The minimum atomic E-state index is -0.369. The first-order valence-electron chi connectivity index (χ1n) is 10.2. The van der Waals surface area contributed by atoms with E-state index in [1.54, 1.807) is 18.5 Å². The average molecular weight is 402 g/mol. The van der Waals surface area contributed by atoms with Gasteiger partial charge in [0, 0.05) is 24.6 Å². The Labute approximate surface area is 177 Å².